The number of nitrogens with one attached hydrogen (secondary N) is 1. The van der Waals surface area contributed by atoms with Crippen molar-refractivity contribution in [3.05, 3.63) is 0 Å². The molecule has 98 valence electrons. The summed E-state index contributed by atoms with van der Waals surface area (Å²) in [6.07, 6.45) is 1.24. The molecule has 4 N–H and O–H groups in total. The fourth-order valence-corrected chi connectivity index (χ4v) is 1.27. The van der Waals surface area contributed by atoms with Crippen LogP contribution in [-0.2, 0) is 14.4 Å². The number of hydrogen-bond acceptors (Lipinski definition) is 4. The minimum atomic E-state index is -1.13. The lowest BCUT2D eigenvalue weighted by atomic mass is 10.1. The van der Waals surface area contributed by atoms with Crippen LogP contribution in [0, 0.1) is 0 Å². The molecule has 6 heteroatoms. The molecule has 0 heterocycles. The monoisotopic (exact) mass is 244 g/mol. The summed E-state index contributed by atoms with van der Waals surface area (Å²) >= 11 is 0. The quantitative estimate of drug-likeness (QED) is 0.559. The van der Waals surface area contributed by atoms with Gasteiger partial charge in [-0.05, 0) is 19.8 Å². The van der Waals surface area contributed by atoms with Crippen molar-refractivity contribution in [1.82, 2.24) is 5.32 Å². The van der Waals surface area contributed by atoms with Gasteiger partial charge in [0.1, 0.15) is 6.04 Å². The Morgan fingerprint density at radius 1 is 1.29 bits per heavy atom. The van der Waals surface area contributed by atoms with Crippen LogP contribution in [0.4, 0.5) is 0 Å². The first-order valence-electron chi connectivity index (χ1n) is 5.69. The van der Waals surface area contributed by atoms with Crippen molar-refractivity contribution < 1.29 is 19.5 Å². The summed E-state index contributed by atoms with van der Waals surface area (Å²) in [5.74, 6) is -1.50. The summed E-state index contributed by atoms with van der Waals surface area (Å²) in [4.78, 5) is 33.2. The molecule has 0 aromatic carbocycles. The number of ketones is 1. The van der Waals surface area contributed by atoms with E-state index in [2.05, 4.69) is 5.32 Å². The molecule has 17 heavy (non-hydrogen) atoms. The Morgan fingerprint density at radius 2 is 1.88 bits per heavy atom. The minimum Gasteiger partial charge on any atom is -0.480 e. The van der Waals surface area contributed by atoms with E-state index < -0.39 is 18.1 Å². The van der Waals surface area contributed by atoms with Crippen LogP contribution in [0.15, 0.2) is 0 Å². The van der Waals surface area contributed by atoms with E-state index in [4.69, 9.17) is 10.8 Å². The maximum atomic E-state index is 11.4. The summed E-state index contributed by atoms with van der Waals surface area (Å²) in [6.45, 7) is 3.51. The van der Waals surface area contributed by atoms with Gasteiger partial charge >= 0.3 is 5.97 Å². The smallest absolute Gasteiger partial charge is 0.320 e. The van der Waals surface area contributed by atoms with Crippen molar-refractivity contribution in [2.24, 2.45) is 5.73 Å². The third kappa shape index (κ3) is 6.68. The summed E-state index contributed by atoms with van der Waals surface area (Å²) in [5.41, 5.74) is 5.26. The van der Waals surface area contributed by atoms with Crippen molar-refractivity contribution in [1.29, 1.82) is 0 Å². The minimum absolute atomic E-state index is 0.0111. The second-order valence-electron chi connectivity index (χ2n) is 3.99. The average molecular weight is 244 g/mol. The fraction of sp³-hybridized carbons (Fsp3) is 0.727. The van der Waals surface area contributed by atoms with Crippen LogP contribution in [0.25, 0.3) is 0 Å². The number of carbonyl (C=O) groups excluding carboxylic acids is 2. The topological polar surface area (TPSA) is 109 Å². The number of nitrogens with two attached hydrogens (primary N) is 1. The van der Waals surface area contributed by atoms with Gasteiger partial charge < -0.3 is 16.2 Å². The zero-order valence-corrected chi connectivity index (χ0v) is 10.2. The lowest BCUT2D eigenvalue weighted by Gasteiger charge is -2.13. The Kier molecular flexibility index (Phi) is 7.13. The number of amides is 1. The van der Waals surface area contributed by atoms with E-state index in [1.807, 2.05) is 6.92 Å². The molecule has 0 spiro atoms. The lowest BCUT2D eigenvalue weighted by molar-refractivity contribution is -0.138. The Bertz CT molecular complexity index is 291. The maximum absolute atomic E-state index is 11.4. The van der Waals surface area contributed by atoms with Crippen LogP contribution in [-0.4, -0.2) is 34.8 Å². The van der Waals surface area contributed by atoms with Crippen LogP contribution >= 0.6 is 0 Å². The first kappa shape index (κ1) is 15.6. The first-order valence-corrected chi connectivity index (χ1v) is 5.69. The largest absolute Gasteiger partial charge is 0.480 e. The zero-order valence-electron chi connectivity index (χ0n) is 10.2. The summed E-state index contributed by atoms with van der Waals surface area (Å²) in [6, 6.07) is -1.56. The van der Waals surface area contributed by atoms with Gasteiger partial charge in [-0.25, -0.2) is 0 Å². The molecule has 0 aliphatic heterocycles. The number of Topliss-reactive ketones (excluding diaryl/α,β-unsaturated/α-hetero) is 1. The van der Waals surface area contributed by atoms with Gasteiger partial charge in [-0.3, -0.25) is 14.4 Å². The third-order valence-electron chi connectivity index (χ3n) is 2.36. The molecule has 0 aromatic heterocycles. The van der Waals surface area contributed by atoms with E-state index in [-0.39, 0.29) is 24.5 Å². The van der Waals surface area contributed by atoms with Gasteiger partial charge in [-0.15, -0.1) is 0 Å². The number of aliphatic carboxylic acids is 1. The highest BCUT2D eigenvalue weighted by molar-refractivity contribution is 5.88. The van der Waals surface area contributed by atoms with E-state index in [1.54, 1.807) is 6.92 Å². The molecule has 0 rings (SSSR count). The number of carbonyl (C=O) groups is 3. The second-order valence-corrected chi connectivity index (χ2v) is 3.99. The van der Waals surface area contributed by atoms with E-state index in [1.165, 1.54) is 0 Å². The molecular weight excluding hydrogens is 224 g/mol. The van der Waals surface area contributed by atoms with Gasteiger partial charge in [-0.2, -0.15) is 0 Å². The van der Waals surface area contributed by atoms with Gasteiger partial charge in [-0.1, -0.05) is 6.92 Å². The van der Waals surface area contributed by atoms with Gasteiger partial charge in [0, 0.05) is 12.8 Å². The Labute approximate surface area is 101 Å². The lowest BCUT2D eigenvalue weighted by Crippen LogP contribution is -2.39. The predicted molar refractivity (Wildman–Crippen MR) is 62.4 cm³/mol. The SMILES string of the molecule is CCCC(=O)[C@H](C)NC(=O)CC[C@H](N)C(=O)O. The van der Waals surface area contributed by atoms with Crippen LogP contribution < -0.4 is 11.1 Å². The number of carboxylic acid groups (broad SMARTS) is 1. The second kappa shape index (κ2) is 7.78. The Hall–Kier alpha value is -1.43. The zero-order chi connectivity index (χ0) is 13.4. The third-order valence-corrected chi connectivity index (χ3v) is 2.36. The number of rotatable bonds is 8. The van der Waals surface area contributed by atoms with Crippen LogP contribution in [0.2, 0.25) is 0 Å². The highest BCUT2D eigenvalue weighted by Gasteiger charge is 2.17. The molecule has 0 bridgehead atoms. The maximum Gasteiger partial charge on any atom is 0.320 e. The molecule has 2 atom stereocenters. The molecule has 0 aliphatic carbocycles. The predicted octanol–water partition coefficient (Wildman–Crippen LogP) is 0.0524. The molecule has 0 radical (unpaired) electrons. The van der Waals surface area contributed by atoms with Crippen molar-refractivity contribution in [3.8, 4) is 0 Å². The summed E-state index contributed by atoms with van der Waals surface area (Å²) in [5, 5.41) is 11.0. The van der Waals surface area contributed by atoms with E-state index in [0.717, 1.165) is 6.42 Å². The van der Waals surface area contributed by atoms with Crippen molar-refractivity contribution in [2.75, 3.05) is 0 Å². The fourth-order valence-electron chi connectivity index (χ4n) is 1.27. The van der Waals surface area contributed by atoms with Gasteiger partial charge in [0.15, 0.2) is 5.78 Å². The molecule has 0 aromatic rings. The first-order chi connectivity index (χ1) is 7.88. The highest BCUT2D eigenvalue weighted by Crippen LogP contribution is 1.98. The van der Waals surface area contributed by atoms with Crippen molar-refractivity contribution >= 4 is 17.7 Å². The summed E-state index contributed by atoms with van der Waals surface area (Å²) in [7, 11) is 0. The van der Waals surface area contributed by atoms with Gasteiger partial charge in [0.05, 0.1) is 6.04 Å². The van der Waals surface area contributed by atoms with E-state index in [9.17, 15) is 14.4 Å². The van der Waals surface area contributed by atoms with Crippen molar-refractivity contribution in [3.63, 3.8) is 0 Å². The Balaban J connectivity index is 3.93. The average Bonchev–Trinajstić information content (AvgIpc) is 2.25. The standard InChI is InChI=1S/C11H20N2O4/c1-3-4-9(14)7(2)13-10(15)6-5-8(12)11(16)17/h7-8H,3-6,12H2,1-2H3,(H,13,15)(H,16,17)/t7-,8-/m0/s1. The molecule has 6 nitrogen and oxygen atoms in total. The van der Waals surface area contributed by atoms with Crippen LogP contribution in [0.5, 0.6) is 0 Å². The van der Waals surface area contributed by atoms with Gasteiger partial charge in [0.25, 0.3) is 0 Å². The summed E-state index contributed by atoms with van der Waals surface area (Å²) < 4.78 is 0. The molecule has 1 amide bonds. The van der Waals surface area contributed by atoms with Crippen LogP contribution in [0.3, 0.4) is 0 Å². The highest BCUT2D eigenvalue weighted by atomic mass is 16.4. The molecule has 0 aliphatic rings. The molecule has 0 saturated carbocycles. The van der Waals surface area contributed by atoms with Crippen LogP contribution in [0.1, 0.15) is 39.5 Å². The molecular formula is C11H20N2O4. The van der Waals surface area contributed by atoms with Crippen molar-refractivity contribution in [2.45, 2.75) is 51.6 Å². The normalized spacial score (nSPS) is 13.8. The Morgan fingerprint density at radius 3 is 2.35 bits per heavy atom. The van der Waals surface area contributed by atoms with E-state index >= 15 is 0 Å². The molecule has 0 unspecified atom stereocenters. The number of hydrogen-bond donors (Lipinski definition) is 3. The van der Waals surface area contributed by atoms with E-state index in [0.29, 0.717) is 6.42 Å². The van der Waals surface area contributed by atoms with Gasteiger partial charge in [0.2, 0.25) is 5.91 Å². The number of carboxylic acids is 1. The molecule has 0 fully saturated rings. The molecule has 0 saturated heterocycles.